The summed E-state index contributed by atoms with van der Waals surface area (Å²) in [6.07, 6.45) is 9.73. The first-order valence-electron chi connectivity index (χ1n) is 9.67. The Kier molecular flexibility index (Phi) is 5.65. The Morgan fingerprint density at radius 2 is 1.93 bits per heavy atom. The van der Waals surface area contributed by atoms with Crippen LogP contribution in [0.25, 0.3) is 11.4 Å². The van der Waals surface area contributed by atoms with Gasteiger partial charge in [-0.05, 0) is 37.3 Å². The van der Waals surface area contributed by atoms with E-state index < -0.39 is 0 Å². The highest BCUT2D eigenvalue weighted by molar-refractivity contribution is 5.76. The summed E-state index contributed by atoms with van der Waals surface area (Å²) >= 11 is 0. The van der Waals surface area contributed by atoms with Gasteiger partial charge in [0.15, 0.2) is 0 Å². The van der Waals surface area contributed by atoms with Crippen LogP contribution in [0.3, 0.4) is 0 Å². The molecular formula is C20H23N7O. The molecule has 1 aliphatic carbocycles. The third-order valence-corrected chi connectivity index (χ3v) is 5.07. The first-order chi connectivity index (χ1) is 13.8. The van der Waals surface area contributed by atoms with Crippen LogP contribution in [-0.4, -0.2) is 42.1 Å². The van der Waals surface area contributed by atoms with Crippen LogP contribution in [0.1, 0.15) is 43.8 Å². The van der Waals surface area contributed by atoms with Gasteiger partial charge in [0.2, 0.25) is 11.7 Å². The van der Waals surface area contributed by atoms with Crippen LogP contribution in [-0.2, 0) is 11.2 Å². The molecule has 8 heteroatoms. The van der Waals surface area contributed by atoms with Crippen LogP contribution < -0.4 is 5.32 Å². The van der Waals surface area contributed by atoms with E-state index >= 15 is 0 Å². The van der Waals surface area contributed by atoms with Gasteiger partial charge in [0.05, 0.1) is 11.7 Å². The van der Waals surface area contributed by atoms with Gasteiger partial charge in [-0.2, -0.15) is 4.80 Å². The summed E-state index contributed by atoms with van der Waals surface area (Å²) in [4.78, 5) is 22.2. The van der Waals surface area contributed by atoms with Crippen LogP contribution in [0, 0.1) is 0 Å². The van der Waals surface area contributed by atoms with Crippen molar-refractivity contribution in [1.82, 2.24) is 35.5 Å². The molecule has 1 amide bonds. The summed E-state index contributed by atoms with van der Waals surface area (Å²) < 4.78 is 0. The highest BCUT2D eigenvalue weighted by atomic mass is 16.1. The second kappa shape index (κ2) is 8.69. The lowest BCUT2D eigenvalue weighted by Gasteiger charge is -2.28. The predicted molar refractivity (Wildman–Crippen MR) is 103 cm³/mol. The smallest absolute Gasteiger partial charge is 0.220 e. The molecule has 0 spiro atoms. The van der Waals surface area contributed by atoms with Crippen LogP contribution in [0.15, 0.2) is 48.9 Å². The van der Waals surface area contributed by atoms with E-state index in [9.17, 15) is 4.79 Å². The quantitative estimate of drug-likeness (QED) is 0.708. The monoisotopic (exact) mass is 377 g/mol. The number of aromatic nitrogens is 6. The Morgan fingerprint density at radius 3 is 2.68 bits per heavy atom. The highest BCUT2D eigenvalue weighted by Crippen LogP contribution is 2.28. The molecule has 144 valence electrons. The molecule has 2 aromatic heterocycles. The molecule has 1 N–H and O–H groups in total. The molecule has 28 heavy (non-hydrogen) atoms. The molecule has 1 aliphatic rings. The second-order valence-corrected chi connectivity index (χ2v) is 7.07. The van der Waals surface area contributed by atoms with Gasteiger partial charge < -0.3 is 5.32 Å². The fourth-order valence-electron chi connectivity index (χ4n) is 3.53. The number of aryl methyl sites for hydroxylation is 1. The molecule has 0 bridgehead atoms. The molecule has 1 fully saturated rings. The fraction of sp³-hybridized carbons (Fsp3) is 0.400. The molecule has 0 radical (unpaired) electrons. The lowest BCUT2D eigenvalue weighted by atomic mass is 9.91. The minimum Gasteiger partial charge on any atom is -0.353 e. The van der Waals surface area contributed by atoms with Gasteiger partial charge in [0.25, 0.3) is 0 Å². The molecular weight excluding hydrogens is 354 g/mol. The third kappa shape index (κ3) is 4.57. The number of rotatable bonds is 6. The van der Waals surface area contributed by atoms with E-state index in [0.717, 1.165) is 36.9 Å². The number of carbonyl (C=O) groups is 1. The number of nitrogens with one attached hydrogen (secondary N) is 1. The number of amides is 1. The summed E-state index contributed by atoms with van der Waals surface area (Å²) in [6, 6.07) is 10.3. The third-order valence-electron chi connectivity index (χ3n) is 5.07. The molecule has 0 unspecified atom stereocenters. The first kappa shape index (κ1) is 18.2. The van der Waals surface area contributed by atoms with Crippen molar-refractivity contribution in [3.05, 3.63) is 54.6 Å². The lowest BCUT2D eigenvalue weighted by molar-refractivity contribution is -0.122. The van der Waals surface area contributed by atoms with Gasteiger partial charge in [0, 0.05) is 36.6 Å². The number of benzene rings is 1. The van der Waals surface area contributed by atoms with Crippen molar-refractivity contribution in [2.45, 2.75) is 50.6 Å². The average molecular weight is 377 g/mol. The van der Waals surface area contributed by atoms with Crippen molar-refractivity contribution in [2.75, 3.05) is 0 Å². The van der Waals surface area contributed by atoms with Crippen LogP contribution in [0.2, 0.25) is 0 Å². The average Bonchev–Trinajstić information content (AvgIpc) is 3.25. The number of hydrogen-bond donors (Lipinski definition) is 1. The van der Waals surface area contributed by atoms with Gasteiger partial charge in [0.1, 0.15) is 0 Å². The minimum atomic E-state index is 0.0688. The van der Waals surface area contributed by atoms with E-state index in [-0.39, 0.29) is 18.0 Å². The Hall–Kier alpha value is -3.16. The summed E-state index contributed by atoms with van der Waals surface area (Å²) in [6.45, 7) is 0. The maximum absolute atomic E-state index is 12.2. The van der Waals surface area contributed by atoms with Crippen LogP contribution >= 0.6 is 0 Å². The minimum absolute atomic E-state index is 0.0688. The number of nitrogens with zero attached hydrogens (tertiary/aromatic N) is 6. The van der Waals surface area contributed by atoms with Crippen molar-refractivity contribution in [1.29, 1.82) is 0 Å². The van der Waals surface area contributed by atoms with Gasteiger partial charge in [-0.1, -0.05) is 30.3 Å². The normalized spacial score (nSPS) is 19.3. The molecule has 0 saturated heterocycles. The van der Waals surface area contributed by atoms with Gasteiger partial charge >= 0.3 is 0 Å². The zero-order valence-electron chi connectivity index (χ0n) is 15.6. The zero-order valence-corrected chi connectivity index (χ0v) is 15.6. The molecule has 0 atom stereocenters. The largest absolute Gasteiger partial charge is 0.353 e. The fourth-order valence-corrected chi connectivity index (χ4v) is 3.53. The molecule has 1 aromatic carbocycles. The molecule has 0 aliphatic heterocycles. The van der Waals surface area contributed by atoms with Gasteiger partial charge in [-0.3, -0.25) is 14.8 Å². The number of tetrazole rings is 1. The first-order valence-corrected chi connectivity index (χ1v) is 9.67. The SMILES string of the molecule is O=C(CCc1cnccn1)NC1CCC(n2nnc(-c3ccccc3)n2)CC1. The standard InChI is InChI=1S/C20H23N7O/c28-19(11-8-17-14-21-12-13-22-17)23-16-6-9-18(10-7-16)27-25-20(24-26-27)15-4-2-1-3-5-15/h1-5,12-14,16,18H,6-11H2,(H,23,28). The molecule has 4 rings (SSSR count). The maximum Gasteiger partial charge on any atom is 0.220 e. The van der Waals surface area contributed by atoms with Crippen molar-refractivity contribution in [2.24, 2.45) is 0 Å². The molecule has 8 nitrogen and oxygen atoms in total. The van der Waals surface area contributed by atoms with E-state index in [1.165, 1.54) is 0 Å². The summed E-state index contributed by atoms with van der Waals surface area (Å²) in [5, 5.41) is 16.1. The van der Waals surface area contributed by atoms with Crippen molar-refractivity contribution < 1.29 is 4.79 Å². The van der Waals surface area contributed by atoms with Crippen molar-refractivity contribution >= 4 is 5.91 Å². The van der Waals surface area contributed by atoms with Gasteiger partial charge in [-0.25, -0.2) is 0 Å². The predicted octanol–water partition coefficient (Wildman–Crippen LogP) is 2.36. The van der Waals surface area contributed by atoms with E-state index in [4.69, 9.17) is 0 Å². The summed E-state index contributed by atoms with van der Waals surface area (Å²) in [7, 11) is 0. The van der Waals surface area contributed by atoms with Gasteiger partial charge in [-0.15, -0.1) is 10.2 Å². The lowest BCUT2D eigenvalue weighted by Crippen LogP contribution is -2.38. The zero-order chi connectivity index (χ0) is 19.2. The Balaban J connectivity index is 1.24. The molecule has 2 heterocycles. The van der Waals surface area contributed by atoms with Crippen LogP contribution in [0.5, 0.6) is 0 Å². The summed E-state index contributed by atoms with van der Waals surface area (Å²) in [5.41, 5.74) is 1.81. The van der Waals surface area contributed by atoms with Crippen molar-refractivity contribution in [3.63, 3.8) is 0 Å². The Bertz CT molecular complexity index is 889. The summed E-state index contributed by atoms with van der Waals surface area (Å²) in [5.74, 6) is 0.722. The maximum atomic E-state index is 12.2. The molecule has 3 aromatic rings. The highest BCUT2D eigenvalue weighted by Gasteiger charge is 2.25. The van der Waals surface area contributed by atoms with Crippen molar-refractivity contribution in [3.8, 4) is 11.4 Å². The number of hydrogen-bond acceptors (Lipinski definition) is 6. The van der Waals surface area contributed by atoms with E-state index in [0.29, 0.717) is 18.7 Å². The van der Waals surface area contributed by atoms with E-state index in [2.05, 4.69) is 30.7 Å². The Morgan fingerprint density at radius 1 is 1.11 bits per heavy atom. The number of carbonyl (C=O) groups excluding carboxylic acids is 1. The second-order valence-electron chi connectivity index (χ2n) is 7.07. The van der Waals surface area contributed by atoms with E-state index in [1.54, 1.807) is 23.4 Å². The topological polar surface area (TPSA) is 98.5 Å². The Labute approximate surface area is 163 Å². The van der Waals surface area contributed by atoms with E-state index in [1.807, 2.05) is 30.3 Å². The molecule has 1 saturated carbocycles. The van der Waals surface area contributed by atoms with Crippen LogP contribution in [0.4, 0.5) is 0 Å².